The Labute approximate surface area is 187 Å². The molecule has 0 unspecified atom stereocenters. The normalized spacial score (nSPS) is 21.7. The van der Waals surface area contributed by atoms with Crippen molar-refractivity contribution in [2.45, 2.75) is 19.3 Å². The highest BCUT2D eigenvalue weighted by atomic mass is 32.1. The highest BCUT2D eigenvalue weighted by Crippen LogP contribution is 2.34. The zero-order valence-corrected chi connectivity index (χ0v) is 18.6. The highest BCUT2D eigenvalue weighted by molar-refractivity contribution is 7.14. The van der Waals surface area contributed by atoms with Gasteiger partial charge in [0.05, 0.1) is 18.1 Å². The van der Waals surface area contributed by atoms with Crippen LogP contribution in [0.1, 0.15) is 26.5 Å². The Morgan fingerprint density at radius 3 is 2.42 bits per heavy atom. The Morgan fingerprint density at radius 1 is 0.935 bits per heavy atom. The lowest BCUT2D eigenvalue weighted by Gasteiger charge is -2.38. The summed E-state index contributed by atoms with van der Waals surface area (Å²) >= 11 is 1.62. The molecule has 1 aromatic carbocycles. The van der Waals surface area contributed by atoms with Crippen molar-refractivity contribution in [3.05, 3.63) is 51.7 Å². The van der Waals surface area contributed by atoms with E-state index in [0.29, 0.717) is 26.3 Å². The number of fused-ring (bicyclic) bond motifs is 1. The summed E-state index contributed by atoms with van der Waals surface area (Å²) < 4.78 is 5.36. The van der Waals surface area contributed by atoms with Crippen molar-refractivity contribution < 1.29 is 14.3 Å². The van der Waals surface area contributed by atoms with E-state index in [9.17, 15) is 9.59 Å². The number of carbonyl (C=O) groups excluding carboxylic acids is 2. The first kappa shape index (κ1) is 20.5. The van der Waals surface area contributed by atoms with Gasteiger partial charge in [0.1, 0.15) is 0 Å². The number of benzene rings is 1. The molecule has 1 aliphatic carbocycles. The minimum Gasteiger partial charge on any atom is -0.378 e. The first-order valence-electron chi connectivity index (χ1n) is 11.3. The van der Waals surface area contributed by atoms with E-state index in [-0.39, 0.29) is 17.7 Å². The molecule has 0 saturated carbocycles. The number of aryl methyl sites for hydroxylation is 1. The number of anilines is 1. The molecule has 1 atom stereocenters. The minimum atomic E-state index is 0.0386. The summed E-state index contributed by atoms with van der Waals surface area (Å²) in [5.74, 6) is 0.435. The van der Waals surface area contributed by atoms with E-state index in [1.807, 2.05) is 21.9 Å². The van der Waals surface area contributed by atoms with Crippen molar-refractivity contribution in [1.82, 2.24) is 9.80 Å². The molecule has 0 spiro atoms. The second-order valence-electron chi connectivity index (χ2n) is 8.55. The first-order valence-corrected chi connectivity index (χ1v) is 12.1. The molecule has 5 rings (SSSR count). The molecule has 3 aliphatic rings. The fourth-order valence-corrected chi connectivity index (χ4v) is 6.02. The van der Waals surface area contributed by atoms with Crippen LogP contribution in [0, 0.1) is 5.92 Å². The third-order valence-electron chi connectivity index (χ3n) is 6.65. The topological polar surface area (TPSA) is 53.1 Å². The van der Waals surface area contributed by atoms with Crippen LogP contribution in [0.4, 0.5) is 5.69 Å². The number of nitrogens with zero attached hydrogens (tertiary/aromatic N) is 3. The molecule has 164 valence electrons. The van der Waals surface area contributed by atoms with Crippen LogP contribution in [0.5, 0.6) is 0 Å². The van der Waals surface area contributed by atoms with E-state index < -0.39 is 0 Å². The molecule has 31 heavy (non-hydrogen) atoms. The highest BCUT2D eigenvalue weighted by Gasteiger charge is 2.32. The molecule has 2 aromatic rings. The number of hydrogen-bond acceptors (Lipinski definition) is 5. The average Bonchev–Trinajstić information content (AvgIpc) is 3.28. The predicted molar refractivity (Wildman–Crippen MR) is 122 cm³/mol. The SMILES string of the molecule is O=C(c1cc2c(s1)CC[C@H](C(=O)N1CCN(c3ccccc3)CC1)C2)N1CCOCC1. The summed E-state index contributed by atoms with van der Waals surface area (Å²) in [6, 6.07) is 12.5. The van der Waals surface area contributed by atoms with Crippen LogP contribution in [-0.4, -0.2) is 74.1 Å². The number of rotatable bonds is 3. The van der Waals surface area contributed by atoms with E-state index in [1.54, 1.807) is 11.3 Å². The lowest BCUT2D eigenvalue weighted by atomic mass is 9.87. The summed E-state index contributed by atoms with van der Waals surface area (Å²) in [4.78, 5) is 34.4. The first-order chi connectivity index (χ1) is 15.2. The molecule has 3 heterocycles. The molecular formula is C24H29N3O3S. The van der Waals surface area contributed by atoms with E-state index in [2.05, 4.69) is 29.2 Å². The number of carbonyl (C=O) groups is 2. The monoisotopic (exact) mass is 439 g/mol. The van der Waals surface area contributed by atoms with Gasteiger partial charge in [-0.2, -0.15) is 0 Å². The molecule has 7 heteroatoms. The zero-order valence-electron chi connectivity index (χ0n) is 17.8. The average molecular weight is 440 g/mol. The molecule has 2 aliphatic heterocycles. The largest absolute Gasteiger partial charge is 0.378 e. The molecule has 2 fully saturated rings. The van der Waals surface area contributed by atoms with Crippen molar-refractivity contribution in [2.75, 3.05) is 57.4 Å². The van der Waals surface area contributed by atoms with Gasteiger partial charge < -0.3 is 19.4 Å². The van der Waals surface area contributed by atoms with Crippen LogP contribution in [0.2, 0.25) is 0 Å². The van der Waals surface area contributed by atoms with Gasteiger partial charge in [-0.05, 0) is 43.0 Å². The van der Waals surface area contributed by atoms with Gasteiger partial charge >= 0.3 is 0 Å². The van der Waals surface area contributed by atoms with Gasteiger partial charge in [0, 0.05) is 55.8 Å². The Bertz CT molecular complexity index is 931. The van der Waals surface area contributed by atoms with E-state index in [1.165, 1.54) is 16.1 Å². The maximum Gasteiger partial charge on any atom is 0.264 e. The predicted octanol–water partition coefficient (Wildman–Crippen LogP) is 2.67. The Kier molecular flexibility index (Phi) is 5.96. The molecule has 2 amide bonds. The number of piperazine rings is 1. The van der Waals surface area contributed by atoms with Crippen LogP contribution < -0.4 is 4.90 Å². The smallest absolute Gasteiger partial charge is 0.264 e. The molecule has 1 aromatic heterocycles. The molecule has 0 N–H and O–H groups in total. The summed E-state index contributed by atoms with van der Waals surface area (Å²) in [6.45, 7) is 5.88. The van der Waals surface area contributed by atoms with Crippen molar-refractivity contribution in [3.8, 4) is 0 Å². The number of amides is 2. The second-order valence-corrected chi connectivity index (χ2v) is 9.69. The van der Waals surface area contributed by atoms with Gasteiger partial charge in [0.15, 0.2) is 0 Å². The van der Waals surface area contributed by atoms with E-state index in [0.717, 1.165) is 50.3 Å². The van der Waals surface area contributed by atoms with E-state index >= 15 is 0 Å². The summed E-state index contributed by atoms with van der Waals surface area (Å²) in [7, 11) is 0. The van der Waals surface area contributed by atoms with Crippen molar-refractivity contribution in [2.24, 2.45) is 5.92 Å². The fourth-order valence-electron chi connectivity index (χ4n) is 4.84. The Balaban J connectivity index is 1.19. The third-order valence-corrected chi connectivity index (χ3v) is 7.88. The number of ether oxygens (including phenoxy) is 1. The molecule has 2 saturated heterocycles. The van der Waals surface area contributed by atoms with Crippen LogP contribution in [0.25, 0.3) is 0 Å². The summed E-state index contributed by atoms with van der Waals surface area (Å²) in [5.41, 5.74) is 2.43. The maximum absolute atomic E-state index is 13.2. The third kappa shape index (κ3) is 4.34. The number of morpholine rings is 1. The Hall–Kier alpha value is -2.38. The van der Waals surface area contributed by atoms with Crippen molar-refractivity contribution in [3.63, 3.8) is 0 Å². The van der Waals surface area contributed by atoms with Gasteiger partial charge in [0.2, 0.25) is 5.91 Å². The second kappa shape index (κ2) is 9.01. The quantitative estimate of drug-likeness (QED) is 0.738. The number of hydrogen-bond donors (Lipinski definition) is 0. The molecule has 6 nitrogen and oxygen atoms in total. The van der Waals surface area contributed by atoms with Crippen LogP contribution >= 0.6 is 11.3 Å². The lowest BCUT2D eigenvalue weighted by Crippen LogP contribution is -2.51. The van der Waals surface area contributed by atoms with Crippen LogP contribution in [0.3, 0.4) is 0 Å². The van der Waals surface area contributed by atoms with Gasteiger partial charge in [-0.3, -0.25) is 9.59 Å². The Morgan fingerprint density at radius 2 is 1.68 bits per heavy atom. The molecule has 0 radical (unpaired) electrons. The van der Waals surface area contributed by atoms with Gasteiger partial charge in [-0.15, -0.1) is 11.3 Å². The summed E-state index contributed by atoms with van der Waals surface area (Å²) in [6.07, 6.45) is 2.55. The van der Waals surface area contributed by atoms with Crippen molar-refractivity contribution in [1.29, 1.82) is 0 Å². The van der Waals surface area contributed by atoms with Crippen molar-refractivity contribution >= 4 is 28.8 Å². The zero-order chi connectivity index (χ0) is 21.2. The van der Waals surface area contributed by atoms with Crippen LogP contribution in [-0.2, 0) is 22.4 Å². The molecular weight excluding hydrogens is 410 g/mol. The van der Waals surface area contributed by atoms with Gasteiger partial charge in [-0.25, -0.2) is 0 Å². The van der Waals surface area contributed by atoms with E-state index in [4.69, 9.17) is 4.74 Å². The number of thiophene rings is 1. The standard InChI is InChI=1S/C24H29N3O3S/c28-23(26-10-8-25(9-11-26)20-4-2-1-3-5-20)18-6-7-21-19(16-18)17-22(31-21)24(29)27-12-14-30-15-13-27/h1-5,17-18H,6-16H2/t18-/m0/s1. The summed E-state index contributed by atoms with van der Waals surface area (Å²) in [5, 5.41) is 0. The van der Waals surface area contributed by atoms with Crippen LogP contribution in [0.15, 0.2) is 36.4 Å². The maximum atomic E-state index is 13.2. The minimum absolute atomic E-state index is 0.0386. The molecule has 0 bridgehead atoms. The van der Waals surface area contributed by atoms with Gasteiger partial charge in [-0.1, -0.05) is 18.2 Å². The fraction of sp³-hybridized carbons (Fsp3) is 0.500. The lowest BCUT2D eigenvalue weighted by molar-refractivity contribution is -0.136. The van der Waals surface area contributed by atoms with Gasteiger partial charge in [0.25, 0.3) is 5.91 Å². The number of para-hydroxylation sites is 1.